The number of hydrogen-bond acceptors (Lipinski definition) is 6. The van der Waals surface area contributed by atoms with Crippen LogP contribution >= 0.6 is 11.3 Å². The first-order chi connectivity index (χ1) is 17.9. The first-order valence-electron chi connectivity index (χ1n) is 12.5. The van der Waals surface area contributed by atoms with Crippen molar-refractivity contribution in [3.63, 3.8) is 0 Å². The molecule has 3 heterocycles. The molecule has 1 N–H and O–H groups in total. The number of carbonyl (C=O) groups excluding carboxylic acids is 2. The predicted molar refractivity (Wildman–Crippen MR) is 147 cm³/mol. The summed E-state index contributed by atoms with van der Waals surface area (Å²) in [6.07, 6.45) is 1.64. The number of carbonyl (C=O) groups is 2. The van der Waals surface area contributed by atoms with Crippen molar-refractivity contribution in [3.8, 4) is 5.75 Å². The van der Waals surface area contributed by atoms with Crippen molar-refractivity contribution in [2.45, 2.75) is 39.5 Å². The fraction of sp³-hybridized carbons (Fsp3) is 0.310. The van der Waals surface area contributed by atoms with Crippen LogP contribution in [0.4, 0.5) is 5.69 Å². The minimum absolute atomic E-state index is 0.00312. The molecule has 8 heteroatoms. The quantitative estimate of drug-likeness (QED) is 0.359. The normalized spacial score (nSPS) is 14.1. The van der Waals surface area contributed by atoms with Gasteiger partial charge in [0, 0.05) is 41.2 Å². The number of piperidine rings is 1. The summed E-state index contributed by atoms with van der Waals surface area (Å²) in [7, 11) is 0. The molecule has 1 aliphatic heterocycles. The number of rotatable bonds is 6. The number of nitrogens with zero attached hydrogens (tertiary/aromatic N) is 3. The Morgan fingerprint density at radius 3 is 2.59 bits per heavy atom. The van der Waals surface area contributed by atoms with Crippen molar-refractivity contribution in [3.05, 3.63) is 81.4 Å². The van der Waals surface area contributed by atoms with Crippen molar-refractivity contribution in [2.75, 3.05) is 25.0 Å². The Morgan fingerprint density at radius 2 is 1.81 bits per heavy atom. The number of ether oxygens (including phenoxy) is 1. The number of pyridine rings is 1. The van der Waals surface area contributed by atoms with Gasteiger partial charge in [-0.1, -0.05) is 12.1 Å². The Morgan fingerprint density at radius 1 is 1.00 bits per heavy atom. The highest BCUT2D eigenvalue weighted by atomic mass is 32.1. The maximum Gasteiger partial charge on any atom is 0.275 e. The minimum Gasteiger partial charge on any atom is -0.484 e. The SMILES string of the molecule is Cc1ccc2cc(NC(=O)c3csc(C4CCN(C(=O)COc5ccc(C)c(C)c5)CC4)n3)ccc2n1. The highest BCUT2D eigenvalue weighted by Gasteiger charge is 2.26. The van der Waals surface area contributed by atoms with Gasteiger partial charge in [0.05, 0.1) is 10.5 Å². The van der Waals surface area contributed by atoms with Crippen molar-refractivity contribution in [2.24, 2.45) is 0 Å². The molecule has 2 aromatic heterocycles. The summed E-state index contributed by atoms with van der Waals surface area (Å²) in [4.78, 5) is 36.5. The van der Waals surface area contributed by atoms with Crippen LogP contribution in [0.2, 0.25) is 0 Å². The molecule has 0 unspecified atom stereocenters. The van der Waals surface area contributed by atoms with Crippen molar-refractivity contribution in [1.82, 2.24) is 14.9 Å². The number of nitrogens with one attached hydrogen (secondary N) is 1. The van der Waals surface area contributed by atoms with E-state index in [1.807, 2.05) is 72.7 Å². The molecule has 1 saturated heterocycles. The summed E-state index contributed by atoms with van der Waals surface area (Å²) in [5.41, 5.74) is 5.34. The molecule has 5 rings (SSSR count). The maximum absolute atomic E-state index is 12.8. The Kier molecular flexibility index (Phi) is 7.19. The molecule has 1 fully saturated rings. The van der Waals surface area contributed by atoms with Crippen molar-refractivity contribution < 1.29 is 14.3 Å². The first-order valence-corrected chi connectivity index (χ1v) is 13.4. The van der Waals surface area contributed by atoms with Gasteiger partial charge < -0.3 is 15.0 Å². The third kappa shape index (κ3) is 5.80. The number of hydrogen-bond donors (Lipinski definition) is 1. The Bertz CT molecular complexity index is 1460. The lowest BCUT2D eigenvalue weighted by atomic mass is 9.97. The van der Waals surface area contributed by atoms with E-state index in [0.29, 0.717) is 24.5 Å². The smallest absolute Gasteiger partial charge is 0.275 e. The molecule has 0 spiro atoms. The topological polar surface area (TPSA) is 84.4 Å². The summed E-state index contributed by atoms with van der Waals surface area (Å²) in [5.74, 6) is 0.733. The second-order valence-corrected chi connectivity index (χ2v) is 10.5. The molecular weight excluding hydrogens is 484 g/mol. The zero-order valence-corrected chi connectivity index (χ0v) is 22.1. The van der Waals surface area contributed by atoms with E-state index in [9.17, 15) is 9.59 Å². The fourth-order valence-corrected chi connectivity index (χ4v) is 5.47. The molecule has 0 atom stereocenters. The second-order valence-electron chi connectivity index (χ2n) is 9.58. The van der Waals surface area contributed by atoms with Crippen LogP contribution in [0.1, 0.15) is 51.1 Å². The Labute approximate surface area is 220 Å². The van der Waals surface area contributed by atoms with Gasteiger partial charge in [0.15, 0.2) is 6.61 Å². The monoisotopic (exact) mass is 514 g/mol. The third-order valence-corrected chi connectivity index (χ3v) is 7.89. The first kappa shape index (κ1) is 24.9. The summed E-state index contributed by atoms with van der Waals surface area (Å²) in [6.45, 7) is 7.40. The highest BCUT2D eigenvalue weighted by molar-refractivity contribution is 7.10. The molecule has 37 heavy (non-hydrogen) atoms. The van der Waals surface area contributed by atoms with E-state index in [2.05, 4.69) is 22.2 Å². The maximum atomic E-state index is 12.8. The zero-order chi connectivity index (χ0) is 25.9. The van der Waals surface area contributed by atoms with Gasteiger partial charge in [-0.15, -0.1) is 11.3 Å². The number of likely N-dealkylation sites (tertiary alicyclic amines) is 1. The van der Waals surface area contributed by atoms with Gasteiger partial charge in [0.2, 0.25) is 0 Å². The van der Waals surface area contributed by atoms with E-state index in [4.69, 9.17) is 4.74 Å². The summed E-state index contributed by atoms with van der Waals surface area (Å²) in [6, 6.07) is 15.5. The predicted octanol–water partition coefficient (Wildman–Crippen LogP) is 5.65. The minimum atomic E-state index is -0.224. The van der Waals surface area contributed by atoms with E-state index in [0.717, 1.165) is 45.8 Å². The van der Waals surface area contributed by atoms with Gasteiger partial charge in [-0.25, -0.2) is 4.98 Å². The van der Waals surface area contributed by atoms with E-state index >= 15 is 0 Å². The Hall–Kier alpha value is -3.78. The van der Waals surface area contributed by atoms with Gasteiger partial charge >= 0.3 is 0 Å². The van der Waals surface area contributed by atoms with Crippen LogP contribution < -0.4 is 10.1 Å². The van der Waals surface area contributed by atoms with E-state index in [1.54, 1.807) is 0 Å². The van der Waals surface area contributed by atoms with Crippen LogP contribution in [-0.4, -0.2) is 46.4 Å². The van der Waals surface area contributed by atoms with Gasteiger partial charge in [-0.05, 0) is 81.1 Å². The average molecular weight is 515 g/mol. The standard InChI is InChI=1S/C29H30N4O3S/c1-18-4-8-24(14-19(18)2)36-16-27(34)33-12-10-21(11-13-33)29-32-26(17-37-29)28(35)31-23-7-9-25-22(15-23)6-5-20(3)30-25/h4-9,14-15,17,21H,10-13,16H2,1-3H3,(H,31,35). The third-order valence-electron chi connectivity index (χ3n) is 6.88. The van der Waals surface area contributed by atoms with Gasteiger partial charge in [-0.2, -0.15) is 0 Å². The molecule has 2 amide bonds. The van der Waals surface area contributed by atoms with Gasteiger partial charge in [0.1, 0.15) is 11.4 Å². The second kappa shape index (κ2) is 10.7. The lowest BCUT2D eigenvalue weighted by Crippen LogP contribution is -2.40. The zero-order valence-electron chi connectivity index (χ0n) is 21.3. The number of anilines is 1. The highest BCUT2D eigenvalue weighted by Crippen LogP contribution is 2.31. The lowest BCUT2D eigenvalue weighted by molar-refractivity contribution is -0.134. The summed E-state index contributed by atoms with van der Waals surface area (Å²) < 4.78 is 5.73. The van der Waals surface area contributed by atoms with Crippen LogP contribution in [0.25, 0.3) is 10.9 Å². The fourth-order valence-electron chi connectivity index (χ4n) is 4.50. The van der Waals surface area contributed by atoms with Crippen LogP contribution in [0.3, 0.4) is 0 Å². The molecule has 0 bridgehead atoms. The van der Waals surface area contributed by atoms with Crippen molar-refractivity contribution >= 4 is 39.7 Å². The number of aromatic nitrogens is 2. The van der Waals surface area contributed by atoms with Crippen LogP contribution in [0.15, 0.2) is 53.9 Å². The molecule has 4 aromatic rings. The molecule has 0 radical (unpaired) electrons. The summed E-state index contributed by atoms with van der Waals surface area (Å²) in [5, 5.41) is 6.68. The van der Waals surface area contributed by atoms with Crippen LogP contribution in [0.5, 0.6) is 5.75 Å². The van der Waals surface area contributed by atoms with E-state index < -0.39 is 0 Å². The molecule has 0 saturated carbocycles. The molecule has 2 aromatic carbocycles. The van der Waals surface area contributed by atoms with Crippen molar-refractivity contribution in [1.29, 1.82) is 0 Å². The number of thiazole rings is 1. The molecular formula is C29H30N4O3S. The van der Waals surface area contributed by atoms with E-state index in [1.165, 1.54) is 16.9 Å². The van der Waals surface area contributed by atoms with Gasteiger partial charge in [0.25, 0.3) is 11.8 Å². The molecule has 1 aliphatic rings. The lowest BCUT2D eigenvalue weighted by Gasteiger charge is -2.31. The molecule has 190 valence electrons. The number of aryl methyl sites for hydroxylation is 3. The van der Waals surface area contributed by atoms with E-state index in [-0.39, 0.29) is 24.3 Å². The average Bonchev–Trinajstić information content (AvgIpc) is 3.40. The molecule has 0 aliphatic carbocycles. The van der Waals surface area contributed by atoms with Crippen LogP contribution in [0, 0.1) is 20.8 Å². The van der Waals surface area contributed by atoms with Gasteiger partial charge in [-0.3, -0.25) is 14.6 Å². The van der Waals surface area contributed by atoms with Crippen LogP contribution in [-0.2, 0) is 4.79 Å². The number of benzene rings is 2. The summed E-state index contributed by atoms with van der Waals surface area (Å²) >= 11 is 1.51. The number of amides is 2. The largest absolute Gasteiger partial charge is 0.484 e. The number of fused-ring (bicyclic) bond motifs is 1. The molecule has 7 nitrogen and oxygen atoms in total. The Balaban J connectivity index is 1.13.